The number of carbonyl (C=O) groups excluding carboxylic acids is 2. The van der Waals surface area contributed by atoms with Crippen molar-refractivity contribution in [2.24, 2.45) is 0 Å². The molecule has 5 heteroatoms. The highest BCUT2D eigenvalue weighted by Gasteiger charge is 2.06. The summed E-state index contributed by atoms with van der Waals surface area (Å²) in [7, 11) is 0. The number of benzene rings is 1. The van der Waals surface area contributed by atoms with Crippen molar-refractivity contribution in [1.82, 2.24) is 4.90 Å². The van der Waals surface area contributed by atoms with Gasteiger partial charge in [-0.2, -0.15) is 0 Å². The Morgan fingerprint density at radius 3 is 2.25 bits per heavy atom. The molecule has 2 N–H and O–H groups in total. The summed E-state index contributed by atoms with van der Waals surface area (Å²) in [5.74, 6) is -0.146. The average Bonchev–Trinajstić information content (AvgIpc) is 2.39. The monoisotopic (exact) mass is 277 g/mol. The van der Waals surface area contributed by atoms with E-state index in [0.29, 0.717) is 17.8 Å². The minimum absolute atomic E-state index is 0.0168. The Kier molecular flexibility index (Phi) is 6.73. The van der Waals surface area contributed by atoms with Crippen LogP contribution in [0.1, 0.15) is 27.2 Å². The molecule has 0 atom stereocenters. The Hall–Kier alpha value is -1.88. The third kappa shape index (κ3) is 5.84. The zero-order chi connectivity index (χ0) is 15.0. The lowest BCUT2D eigenvalue weighted by Gasteiger charge is -2.17. The second-order valence-electron chi connectivity index (χ2n) is 4.59. The molecule has 0 heterocycles. The van der Waals surface area contributed by atoms with Gasteiger partial charge in [0.15, 0.2) is 0 Å². The Bertz CT molecular complexity index is 456. The summed E-state index contributed by atoms with van der Waals surface area (Å²) in [6.45, 7) is 8.26. The van der Waals surface area contributed by atoms with E-state index in [-0.39, 0.29) is 11.8 Å². The highest BCUT2D eigenvalue weighted by molar-refractivity contribution is 5.93. The smallest absolute Gasteiger partial charge is 0.225 e. The first-order chi connectivity index (χ1) is 9.55. The Balaban J connectivity index is 2.51. The summed E-state index contributed by atoms with van der Waals surface area (Å²) in [5.41, 5.74) is 1.37. The molecule has 0 spiro atoms. The number of nitrogens with zero attached hydrogens (tertiary/aromatic N) is 1. The van der Waals surface area contributed by atoms with Crippen molar-refractivity contribution >= 4 is 23.2 Å². The third-order valence-electron chi connectivity index (χ3n) is 3.02. The van der Waals surface area contributed by atoms with Gasteiger partial charge in [0, 0.05) is 31.3 Å². The van der Waals surface area contributed by atoms with Crippen LogP contribution in [0.15, 0.2) is 24.3 Å². The molecule has 0 bridgehead atoms. The summed E-state index contributed by atoms with van der Waals surface area (Å²) >= 11 is 0. The molecule has 1 aromatic rings. The molecule has 0 radical (unpaired) electrons. The van der Waals surface area contributed by atoms with Crippen LogP contribution in [0.5, 0.6) is 0 Å². The van der Waals surface area contributed by atoms with Crippen LogP contribution in [0.3, 0.4) is 0 Å². The number of carbonyl (C=O) groups is 2. The fourth-order valence-electron chi connectivity index (χ4n) is 1.90. The molecule has 0 fully saturated rings. The van der Waals surface area contributed by atoms with Crippen molar-refractivity contribution in [3.05, 3.63) is 24.3 Å². The largest absolute Gasteiger partial charge is 0.326 e. The Morgan fingerprint density at radius 1 is 1.10 bits per heavy atom. The van der Waals surface area contributed by atoms with Gasteiger partial charge in [-0.25, -0.2) is 0 Å². The molecule has 0 unspecified atom stereocenters. The van der Waals surface area contributed by atoms with E-state index in [1.165, 1.54) is 6.92 Å². The molecule has 1 rings (SSSR count). The summed E-state index contributed by atoms with van der Waals surface area (Å²) < 4.78 is 0. The van der Waals surface area contributed by atoms with Crippen molar-refractivity contribution in [1.29, 1.82) is 0 Å². The molecular weight excluding hydrogens is 254 g/mol. The van der Waals surface area contributed by atoms with E-state index in [4.69, 9.17) is 0 Å². The van der Waals surface area contributed by atoms with Crippen LogP contribution in [0.25, 0.3) is 0 Å². The molecule has 2 amide bonds. The second-order valence-corrected chi connectivity index (χ2v) is 4.59. The van der Waals surface area contributed by atoms with Crippen LogP contribution < -0.4 is 10.6 Å². The fourth-order valence-corrected chi connectivity index (χ4v) is 1.90. The van der Waals surface area contributed by atoms with Crippen molar-refractivity contribution in [3.63, 3.8) is 0 Å². The van der Waals surface area contributed by atoms with Crippen LogP contribution in [-0.2, 0) is 9.59 Å². The minimum atomic E-state index is -0.130. The number of hydrogen-bond acceptors (Lipinski definition) is 3. The highest BCUT2D eigenvalue weighted by Crippen LogP contribution is 2.15. The first-order valence-electron chi connectivity index (χ1n) is 6.95. The molecule has 5 nitrogen and oxygen atoms in total. The molecule has 20 heavy (non-hydrogen) atoms. The quantitative estimate of drug-likeness (QED) is 0.804. The van der Waals surface area contributed by atoms with Crippen LogP contribution in [-0.4, -0.2) is 36.3 Å². The van der Waals surface area contributed by atoms with E-state index in [1.54, 1.807) is 24.3 Å². The van der Waals surface area contributed by atoms with Gasteiger partial charge in [-0.3, -0.25) is 9.59 Å². The molecule has 0 aliphatic rings. The molecule has 110 valence electrons. The maximum atomic E-state index is 11.9. The van der Waals surface area contributed by atoms with Crippen LogP contribution in [0, 0.1) is 0 Å². The van der Waals surface area contributed by atoms with Gasteiger partial charge in [-0.15, -0.1) is 0 Å². The zero-order valence-electron chi connectivity index (χ0n) is 12.4. The molecule has 0 saturated carbocycles. The van der Waals surface area contributed by atoms with Gasteiger partial charge in [0.05, 0.1) is 0 Å². The van der Waals surface area contributed by atoms with Gasteiger partial charge in [-0.05, 0) is 31.3 Å². The predicted molar refractivity (Wildman–Crippen MR) is 81.8 cm³/mol. The van der Waals surface area contributed by atoms with Crippen molar-refractivity contribution in [3.8, 4) is 0 Å². The molecule has 0 aliphatic heterocycles. The second kappa shape index (κ2) is 8.32. The lowest BCUT2D eigenvalue weighted by molar-refractivity contribution is -0.116. The van der Waals surface area contributed by atoms with E-state index < -0.39 is 0 Å². The molecule has 1 aromatic carbocycles. The Morgan fingerprint density at radius 2 is 1.70 bits per heavy atom. The molecular formula is C15H23N3O2. The summed E-state index contributed by atoms with van der Waals surface area (Å²) in [6.07, 6.45) is 0.464. The van der Waals surface area contributed by atoms with Gasteiger partial charge in [0.1, 0.15) is 0 Å². The van der Waals surface area contributed by atoms with Crippen LogP contribution in [0.2, 0.25) is 0 Å². The van der Waals surface area contributed by atoms with Gasteiger partial charge >= 0.3 is 0 Å². The first kappa shape index (κ1) is 16.2. The number of rotatable bonds is 7. The summed E-state index contributed by atoms with van der Waals surface area (Å²) in [4.78, 5) is 25.0. The normalized spacial score (nSPS) is 10.4. The lowest BCUT2D eigenvalue weighted by Crippen LogP contribution is -2.27. The highest BCUT2D eigenvalue weighted by atomic mass is 16.2. The lowest BCUT2D eigenvalue weighted by atomic mass is 10.2. The number of amides is 2. The number of anilines is 2. The van der Waals surface area contributed by atoms with Crippen molar-refractivity contribution < 1.29 is 9.59 Å². The maximum Gasteiger partial charge on any atom is 0.225 e. The molecule has 0 saturated heterocycles. The molecule has 0 aromatic heterocycles. The average molecular weight is 277 g/mol. The first-order valence-corrected chi connectivity index (χ1v) is 6.95. The third-order valence-corrected chi connectivity index (χ3v) is 3.02. The van der Waals surface area contributed by atoms with Gasteiger partial charge in [0.2, 0.25) is 11.8 Å². The number of hydrogen-bond donors (Lipinski definition) is 2. The van der Waals surface area contributed by atoms with E-state index >= 15 is 0 Å². The van der Waals surface area contributed by atoms with Crippen molar-refractivity contribution in [2.45, 2.75) is 27.2 Å². The maximum absolute atomic E-state index is 11.9. The zero-order valence-corrected chi connectivity index (χ0v) is 12.4. The van der Waals surface area contributed by atoms with E-state index in [9.17, 15) is 9.59 Å². The van der Waals surface area contributed by atoms with E-state index in [0.717, 1.165) is 19.6 Å². The fraction of sp³-hybridized carbons (Fsp3) is 0.467. The minimum Gasteiger partial charge on any atom is -0.326 e. The SMILES string of the molecule is CCN(CC)CCC(=O)Nc1cccc(NC(C)=O)c1. The topological polar surface area (TPSA) is 61.4 Å². The molecule has 0 aliphatic carbocycles. The van der Waals surface area contributed by atoms with E-state index in [1.807, 2.05) is 0 Å². The Labute approximate surface area is 120 Å². The summed E-state index contributed by atoms with van der Waals surface area (Å²) in [5, 5.41) is 5.53. The number of nitrogens with one attached hydrogen (secondary N) is 2. The summed E-state index contributed by atoms with van der Waals surface area (Å²) in [6, 6.07) is 7.13. The van der Waals surface area contributed by atoms with Crippen molar-refractivity contribution in [2.75, 3.05) is 30.3 Å². The predicted octanol–water partition coefficient (Wildman–Crippen LogP) is 2.32. The van der Waals surface area contributed by atoms with Crippen LogP contribution >= 0.6 is 0 Å². The van der Waals surface area contributed by atoms with Gasteiger partial charge in [0.25, 0.3) is 0 Å². The standard InChI is InChI=1S/C15H23N3O2/c1-4-18(5-2)10-9-15(20)17-14-8-6-7-13(11-14)16-12(3)19/h6-8,11H,4-5,9-10H2,1-3H3,(H,16,19)(H,17,20). The van der Waals surface area contributed by atoms with Gasteiger partial charge in [-0.1, -0.05) is 19.9 Å². The van der Waals surface area contributed by atoms with Gasteiger partial charge < -0.3 is 15.5 Å². The van der Waals surface area contributed by atoms with Crippen LogP contribution in [0.4, 0.5) is 11.4 Å². The van der Waals surface area contributed by atoms with E-state index in [2.05, 4.69) is 29.4 Å².